The molecule has 0 spiro atoms. The summed E-state index contributed by atoms with van der Waals surface area (Å²) >= 11 is 0. The van der Waals surface area contributed by atoms with Gasteiger partial charge >= 0.3 is 17.9 Å². The molecule has 0 saturated carbocycles. The minimum atomic E-state index is -0.749. The van der Waals surface area contributed by atoms with E-state index < -0.39 is 29.7 Å². The van der Waals surface area contributed by atoms with Crippen molar-refractivity contribution in [1.29, 1.82) is 0 Å². The predicted octanol–water partition coefficient (Wildman–Crippen LogP) is 4.72. The Balaban J connectivity index is 1.14. The number of carbonyl (C=O) groups excluding carboxylic acids is 6. The smallest absolute Gasteiger partial charge is 0.338 e. The number of hydrogen-bond acceptors (Lipinski definition) is 12. The lowest BCUT2D eigenvalue weighted by Crippen LogP contribution is -2.30. The van der Waals surface area contributed by atoms with Crippen LogP contribution in [0.1, 0.15) is 88.3 Å². The second kappa shape index (κ2) is 16.3. The minimum absolute atomic E-state index is 0.0860. The number of rotatable bonds is 19. The number of carbonyl (C=O) groups is 6. The molecule has 6 rings (SSSR count). The summed E-state index contributed by atoms with van der Waals surface area (Å²) in [6.45, 7) is 2.55. The third-order valence-electron chi connectivity index (χ3n) is 8.93. The lowest BCUT2D eigenvalue weighted by atomic mass is 9.96. The van der Waals surface area contributed by atoms with E-state index in [0.717, 1.165) is 0 Å². The maximum atomic E-state index is 13.3. The number of Topliss-reactive ketones (excluding diaryl/α,β-unsaturated/α-hetero) is 3. The number of ether oxygens (including phenoxy) is 6. The van der Waals surface area contributed by atoms with Crippen molar-refractivity contribution in [2.24, 2.45) is 11.8 Å². The standard InChI is InChI=1S/C39H38O12/c1-23(17-49-37(43)31-11-5-2-8-28(31)34(40)14-25-20-46-25)24(18-50-38(44)32-12-6-3-9-29(32)35(41)15-26-21-47-26)19-51-39(45)33-13-7-4-10-30(33)36(42)16-27-22-48-27/h2-13,23-27H,14-22H2,1H3. The van der Waals surface area contributed by atoms with E-state index in [2.05, 4.69) is 0 Å². The summed E-state index contributed by atoms with van der Waals surface area (Å²) < 4.78 is 32.5. The Morgan fingerprint density at radius 1 is 0.510 bits per heavy atom. The van der Waals surface area contributed by atoms with Crippen molar-refractivity contribution in [3.63, 3.8) is 0 Å². The van der Waals surface area contributed by atoms with Crippen molar-refractivity contribution in [3.8, 4) is 0 Å². The summed E-state index contributed by atoms with van der Waals surface area (Å²) in [4.78, 5) is 78.3. The fraction of sp³-hybridized carbons (Fsp3) is 0.385. The van der Waals surface area contributed by atoms with E-state index >= 15 is 0 Å². The van der Waals surface area contributed by atoms with E-state index in [9.17, 15) is 28.8 Å². The van der Waals surface area contributed by atoms with Gasteiger partial charge in [0.2, 0.25) is 0 Å². The van der Waals surface area contributed by atoms with E-state index in [1.54, 1.807) is 61.5 Å². The van der Waals surface area contributed by atoms with E-state index in [1.807, 2.05) is 0 Å². The van der Waals surface area contributed by atoms with Gasteiger partial charge < -0.3 is 28.4 Å². The highest BCUT2D eigenvalue weighted by Crippen LogP contribution is 2.24. The van der Waals surface area contributed by atoms with Crippen LogP contribution < -0.4 is 0 Å². The largest absolute Gasteiger partial charge is 0.462 e. The van der Waals surface area contributed by atoms with E-state index in [1.165, 1.54) is 18.2 Å². The summed E-state index contributed by atoms with van der Waals surface area (Å²) in [7, 11) is 0. The fourth-order valence-electron chi connectivity index (χ4n) is 5.54. The molecule has 4 atom stereocenters. The second-order valence-corrected chi connectivity index (χ2v) is 12.9. The summed E-state index contributed by atoms with van der Waals surface area (Å²) in [6.07, 6.45) is -0.0284. The predicted molar refractivity (Wildman–Crippen MR) is 179 cm³/mol. The van der Waals surface area contributed by atoms with Gasteiger partial charge in [0, 0.05) is 41.9 Å². The molecule has 4 unspecified atom stereocenters. The normalized spacial score (nSPS) is 19.6. The zero-order valence-electron chi connectivity index (χ0n) is 28.1. The molecule has 266 valence electrons. The molecule has 3 aromatic rings. The van der Waals surface area contributed by atoms with Crippen LogP contribution >= 0.6 is 0 Å². The first-order valence-electron chi connectivity index (χ1n) is 16.9. The Kier molecular flexibility index (Phi) is 11.4. The van der Waals surface area contributed by atoms with Gasteiger partial charge in [-0.3, -0.25) is 14.4 Å². The summed E-state index contributed by atoms with van der Waals surface area (Å²) in [6, 6.07) is 19.0. The lowest BCUT2D eigenvalue weighted by molar-refractivity contribution is 0.00389. The van der Waals surface area contributed by atoms with Gasteiger partial charge in [-0.05, 0) is 24.1 Å². The molecule has 0 aromatic heterocycles. The highest BCUT2D eigenvalue weighted by molar-refractivity contribution is 6.08. The van der Waals surface area contributed by atoms with Gasteiger partial charge in [-0.25, -0.2) is 14.4 Å². The van der Waals surface area contributed by atoms with Crippen LogP contribution in [0.2, 0.25) is 0 Å². The molecule has 3 heterocycles. The summed E-state index contributed by atoms with van der Waals surface area (Å²) in [5.74, 6) is -4.15. The van der Waals surface area contributed by atoms with Gasteiger partial charge in [-0.2, -0.15) is 0 Å². The molecule has 3 aliphatic rings. The minimum Gasteiger partial charge on any atom is -0.462 e. The van der Waals surface area contributed by atoms with Gasteiger partial charge in [0.25, 0.3) is 0 Å². The molecule has 0 aliphatic carbocycles. The Bertz CT molecular complexity index is 1720. The van der Waals surface area contributed by atoms with Crippen LogP contribution in [-0.2, 0) is 28.4 Å². The van der Waals surface area contributed by atoms with Crippen molar-refractivity contribution in [1.82, 2.24) is 0 Å². The van der Waals surface area contributed by atoms with Crippen LogP contribution in [0.15, 0.2) is 72.8 Å². The van der Waals surface area contributed by atoms with E-state index in [0.29, 0.717) is 19.8 Å². The highest BCUT2D eigenvalue weighted by Gasteiger charge is 2.32. The molecule has 0 radical (unpaired) electrons. The molecule has 51 heavy (non-hydrogen) atoms. The quantitative estimate of drug-likeness (QED) is 0.0732. The van der Waals surface area contributed by atoms with E-state index in [-0.39, 0.29) is 108 Å². The van der Waals surface area contributed by atoms with Gasteiger partial charge in [0.05, 0.1) is 74.6 Å². The SMILES string of the molecule is CC(COC(=O)c1ccccc1C(=O)CC1CO1)C(COC(=O)c1ccccc1C(=O)CC1CO1)COC(=O)c1ccccc1C(=O)CC1CO1. The zero-order chi connectivity index (χ0) is 35.9. The van der Waals surface area contributed by atoms with Crippen molar-refractivity contribution >= 4 is 35.3 Å². The molecule has 3 saturated heterocycles. The summed E-state index contributed by atoms with van der Waals surface area (Å²) in [5, 5.41) is 0. The molecular weight excluding hydrogens is 660 g/mol. The topological polar surface area (TPSA) is 168 Å². The molecular formula is C39H38O12. The van der Waals surface area contributed by atoms with Crippen LogP contribution in [0, 0.1) is 11.8 Å². The maximum absolute atomic E-state index is 13.3. The summed E-state index contributed by atoms with van der Waals surface area (Å²) in [5.41, 5.74) is 0.934. The number of esters is 3. The van der Waals surface area contributed by atoms with Crippen LogP contribution in [0.5, 0.6) is 0 Å². The van der Waals surface area contributed by atoms with Crippen LogP contribution in [0.3, 0.4) is 0 Å². The lowest BCUT2D eigenvalue weighted by Gasteiger charge is -2.24. The molecule has 3 aliphatic heterocycles. The molecule has 3 aromatic carbocycles. The number of hydrogen-bond donors (Lipinski definition) is 0. The van der Waals surface area contributed by atoms with Crippen molar-refractivity contribution < 1.29 is 57.2 Å². The van der Waals surface area contributed by atoms with Crippen LogP contribution in [0.25, 0.3) is 0 Å². The Morgan fingerprint density at radius 3 is 1.08 bits per heavy atom. The maximum Gasteiger partial charge on any atom is 0.338 e. The average Bonchev–Trinajstić information content (AvgIpc) is 3.98. The zero-order valence-corrected chi connectivity index (χ0v) is 28.1. The number of benzene rings is 3. The third-order valence-corrected chi connectivity index (χ3v) is 8.93. The highest BCUT2D eigenvalue weighted by atomic mass is 16.6. The monoisotopic (exact) mass is 698 g/mol. The van der Waals surface area contributed by atoms with Gasteiger partial charge in [0.15, 0.2) is 17.3 Å². The van der Waals surface area contributed by atoms with Gasteiger partial charge in [0.1, 0.15) is 0 Å². The Hall–Kier alpha value is -5.04. The Morgan fingerprint density at radius 2 is 0.784 bits per heavy atom. The molecule has 0 N–H and O–H groups in total. The molecule has 0 amide bonds. The molecule has 0 bridgehead atoms. The van der Waals surface area contributed by atoms with Crippen molar-refractivity contribution in [2.75, 3.05) is 39.6 Å². The first-order valence-corrected chi connectivity index (χ1v) is 16.9. The van der Waals surface area contributed by atoms with Crippen LogP contribution in [0.4, 0.5) is 0 Å². The van der Waals surface area contributed by atoms with Crippen molar-refractivity contribution in [3.05, 3.63) is 106 Å². The Labute approximate surface area is 294 Å². The molecule has 12 heteroatoms. The molecule has 12 nitrogen and oxygen atoms in total. The first kappa shape index (κ1) is 35.8. The molecule has 3 fully saturated rings. The van der Waals surface area contributed by atoms with Gasteiger partial charge in [-0.15, -0.1) is 0 Å². The van der Waals surface area contributed by atoms with Gasteiger partial charge in [-0.1, -0.05) is 61.5 Å². The first-order chi connectivity index (χ1) is 24.7. The van der Waals surface area contributed by atoms with Crippen molar-refractivity contribution in [2.45, 2.75) is 44.5 Å². The third kappa shape index (κ3) is 9.81. The fourth-order valence-corrected chi connectivity index (χ4v) is 5.54. The van der Waals surface area contributed by atoms with Crippen LogP contribution in [-0.4, -0.2) is 93.2 Å². The number of ketones is 3. The second-order valence-electron chi connectivity index (χ2n) is 12.9. The van der Waals surface area contributed by atoms with E-state index in [4.69, 9.17) is 28.4 Å². The number of epoxide rings is 3. The average molecular weight is 699 g/mol.